The number of anilines is 2. The average Bonchev–Trinajstić information content (AvgIpc) is 2.50. The molecule has 2 aromatic rings. The van der Waals surface area contributed by atoms with Crippen molar-refractivity contribution in [3.05, 3.63) is 47.5 Å². The van der Waals surface area contributed by atoms with E-state index in [0.717, 1.165) is 22.6 Å². The summed E-state index contributed by atoms with van der Waals surface area (Å²) >= 11 is 0. The first kappa shape index (κ1) is 13.6. The van der Waals surface area contributed by atoms with Crippen molar-refractivity contribution in [1.82, 2.24) is 0 Å². The third-order valence-corrected chi connectivity index (χ3v) is 3.49. The third kappa shape index (κ3) is 2.73. The zero-order chi connectivity index (χ0) is 14.8. The van der Waals surface area contributed by atoms with Gasteiger partial charge in [-0.05, 0) is 37.3 Å². The van der Waals surface area contributed by atoms with Crippen LogP contribution in [0.4, 0.5) is 11.4 Å². The molecule has 5 nitrogen and oxygen atoms in total. The number of rotatable bonds is 3. The Balaban J connectivity index is 1.88. The highest BCUT2D eigenvalue weighted by Crippen LogP contribution is 2.35. The van der Waals surface area contributed by atoms with Crippen molar-refractivity contribution in [2.24, 2.45) is 0 Å². The molecule has 0 saturated carbocycles. The third-order valence-electron chi connectivity index (χ3n) is 3.49. The molecular weight excluding hydrogens is 268 g/mol. The summed E-state index contributed by atoms with van der Waals surface area (Å²) in [4.78, 5) is 0. The Morgan fingerprint density at radius 1 is 1.19 bits per heavy atom. The number of hydrogen-bond donors (Lipinski definition) is 2. The summed E-state index contributed by atoms with van der Waals surface area (Å²) in [6, 6.07) is 11.1. The zero-order valence-corrected chi connectivity index (χ0v) is 11.8. The molecule has 0 aliphatic carbocycles. The van der Waals surface area contributed by atoms with Crippen LogP contribution in [-0.2, 0) is 11.3 Å². The number of benzene rings is 2. The molecule has 1 heterocycles. The van der Waals surface area contributed by atoms with Gasteiger partial charge in [0.05, 0.1) is 12.2 Å². The van der Waals surface area contributed by atoms with Crippen LogP contribution in [0.25, 0.3) is 0 Å². The maximum atomic E-state index is 6.04. The Kier molecular flexibility index (Phi) is 3.58. The van der Waals surface area contributed by atoms with Crippen molar-refractivity contribution in [3.63, 3.8) is 0 Å². The molecule has 0 radical (unpaired) electrons. The fourth-order valence-corrected chi connectivity index (χ4v) is 2.38. The van der Waals surface area contributed by atoms with E-state index in [0.29, 0.717) is 18.0 Å². The van der Waals surface area contributed by atoms with E-state index in [-0.39, 0.29) is 12.9 Å². The van der Waals surface area contributed by atoms with E-state index in [1.807, 2.05) is 31.2 Å². The van der Waals surface area contributed by atoms with Gasteiger partial charge in [-0.25, -0.2) is 0 Å². The Morgan fingerprint density at radius 3 is 2.90 bits per heavy atom. The summed E-state index contributed by atoms with van der Waals surface area (Å²) in [5.74, 6) is 1.54. The topological polar surface area (TPSA) is 79.7 Å². The Morgan fingerprint density at radius 2 is 2.05 bits per heavy atom. The SMILES string of the molecule is CC(Oc1cccc2c1COCO2)c1cc(N)ccc1N. The minimum Gasteiger partial charge on any atom is -0.485 e. The molecule has 5 heteroatoms. The molecule has 1 unspecified atom stereocenters. The number of hydrogen-bond acceptors (Lipinski definition) is 5. The lowest BCUT2D eigenvalue weighted by molar-refractivity contribution is -0.0182. The van der Waals surface area contributed by atoms with E-state index in [1.165, 1.54) is 0 Å². The van der Waals surface area contributed by atoms with Gasteiger partial charge in [-0.2, -0.15) is 0 Å². The van der Waals surface area contributed by atoms with Crippen LogP contribution in [0.15, 0.2) is 36.4 Å². The van der Waals surface area contributed by atoms with Gasteiger partial charge < -0.3 is 25.7 Å². The minimum absolute atomic E-state index is 0.220. The van der Waals surface area contributed by atoms with Crippen molar-refractivity contribution < 1.29 is 14.2 Å². The molecule has 0 spiro atoms. The molecule has 1 atom stereocenters. The lowest BCUT2D eigenvalue weighted by Gasteiger charge is -2.23. The smallest absolute Gasteiger partial charge is 0.189 e. The molecule has 0 aromatic heterocycles. The number of ether oxygens (including phenoxy) is 3. The molecule has 1 aliphatic rings. The normalized spacial score (nSPS) is 14.9. The molecule has 0 fully saturated rings. The minimum atomic E-state index is -0.220. The van der Waals surface area contributed by atoms with Crippen molar-refractivity contribution in [2.75, 3.05) is 18.3 Å². The van der Waals surface area contributed by atoms with Crippen molar-refractivity contribution in [1.29, 1.82) is 0 Å². The molecule has 0 saturated heterocycles. The summed E-state index contributed by atoms with van der Waals surface area (Å²) in [5.41, 5.74) is 14.9. The van der Waals surface area contributed by atoms with Crippen LogP contribution in [0.2, 0.25) is 0 Å². The van der Waals surface area contributed by atoms with Gasteiger partial charge in [-0.3, -0.25) is 0 Å². The molecule has 110 valence electrons. The summed E-state index contributed by atoms with van der Waals surface area (Å²) in [6.45, 7) is 2.69. The Bertz CT molecular complexity index is 658. The van der Waals surface area contributed by atoms with Crippen LogP contribution < -0.4 is 20.9 Å². The van der Waals surface area contributed by atoms with Crippen molar-refractivity contribution in [2.45, 2.75) is 19.6 Å². The average molecular weight is 286 g/mol. The Hall–Kier alpha value is -2.40. The second kappa shape index (κ2) is 5.54. The van der Waals surface area contributed by atoms with Crippen LogP contribution in [0.3, 0.4) is 0 Å². The molecule has 3 rings (SSSR count). The van der Waals surface area contributed by atoms with Gasteiger partial charge in [0.15, 0.2) is 6.79 Å². The quantitative estimate of drug-likeness (QED) is 0.848. The highest BCUT2D eigenvalue weighted by molar-refractivity contribution is 5.56. The molecule has 1 aliphatic heterocycles. The van der Waals surface area contributed by atoms with Gasteiger partial charge in [0, 0.05) is 16.9 Å². The monoisotopic (exact) mass is 286 g/mol. The standard InChI is InChI=1S/C16H18N2O3/c1-10(12-7-11(17)5-6-14(12)18)21-16-4-2-3-15-13(16)8-19-9-20-15/h2-7,10H,8-9,17-18H2,1H3. The molecule has 0 bridgehead atoms. The summed E-state index contributed by atoms with van der Waals surface area (Å²) < 4.78 is 16.8. The first-order valence-electron chi connectivity index (χ1n) is 6.79. The maximum Gasteiger partial charge on any atom is 0.189 e. The number of fused-ring (bicyclic) bond motifs is 1. The zero-order valence-electron chi connectivity index (χ0n) is 11.8. The number of nitrogen functional groups attached to an aromatic ring is 2. The highest BCUT2D eigenvalue weighted by atomic mass is 16.7. The fraction of sp³-hybridized carbons (Fsp3) is 0.250. The molecule has 0 amide bonds. The van der Waals surface area contributed by atoms with Gasteiger partial charge >= 0.3 is 0 Å². The van der Waals surface area contributed by atoms with Gasteiger partial charge in [-0.1, -0.05) is 6.07 Å². The van der Waals surface area contributed by atoms with E-state index in [1.54, 1.807) is 12.1 Å². The predicted molar refractivity (Wildman–Crippen MR) is 81.0 cm³/mol. The van der Waals surface area contributed by atoms with E-state index in [2.05, 4.69) is 0 Å². The second-order valence-corrected chi connectivity index (χ2v) is 4.99. The van der Waals surface area contributed by atoms with E-state index in [4.69, 9.17) is 25.7 Å². The summed E-state index contributed by atoms with van der Waals surface area (Å²) in [5, 5.41) is 0. The maximum absolute atomic E-state index is 6.04. The van der Waals surface area contributed by atoms with E-state index >= 15 is 0 Å². The second-order valence-electron chi connectivity index (χ2n) is 4.99. The summed E-state index contributed by atoms with van der Waals surface area (Å²) in [7, 11) is 0. The molecule has 4 N–H and O–H groups in total. The van der Waals surface area contributed by atoms with Crippen LogP contribution >= 0.6 is 0 Å². The van der Waals surface area contributed by atoms with Gasteiger partial charge in [0.25, 0.3) is 0 Å². The highest BCUT2D eigenvalue weighted by Gasteiger charge is 2.18. The van der Waals surface area contributed by atoms with Crippen LogP contribution in [-0.4, -0.2) is 6.79 Å². The molecule has 21 heavy (non-hydrogen) atoms. The lowest BCUT2D eigenvalue weighted by atomic mass is 10.1. The Labute approximate surface area is 123 Å². The van der Waals surface area contributed by atoms with Crippen molar-refractivity contribution in [3.8, 4) is 11.5 Å². The van der Waals surface area contributed by atoms with E-state index in [9.17, 15) is 0 Å². The molecule has 2 aromatic carbocycles. The van der Waals surface area contributed by atoms with Crippen LogP contribution in [0.1, 0.15) is 24.2 Å². The van der Waals surface area contributed by atoms with Crippen molar-refractivity contribution >= 4 is 11.4 Å². The van der Waals surface area contributed by atoms with Crippen LogP contribution in [0, 0.1) is 0 Å². The fourth-order valence-electron chi connectivity index (χ4n) is 2.38. The molecular formula is C16H18N2O3. The predicted octanol–water partition coefficient (Wildman–Crippen LogP) is 2.86. The lowest BCUT2D eigenvalue weighted by Crippen LogP contribution is -2.14. The number of nitrogens with two attached hydrogens (primary N) is 2. The van der Waals surface area contributed by atoms with Gasteiger partial charge in [-0.15, -0.1) is 0 Å². The van der Waals surface area contributed by atoms with Gasteiger partial charge in [0.1, 0.15) is 17.6 Å². The van der Waals surface area contributed by atoms with Gasteiger partial charge in [0.2, 0.25) is 0 Å². The first-order chi connectivity index (χ1) is 10.1. The van der Waals surface area contributed by atoms with E-state index < -0.39 is 0 Å². The first-order valence-corrected chi connectivity index (χ1v) is 6.79. The summed E-state index contributed by atoms with van der Waals surface area (Å²) in [6.07, 6.45) is -0.220. The van der Waals surface area contributed by atoms with Crippen LogP contribution in [0.5, 0.6) is 11.5 Å². The largest absolute Gasteiger partial charge is 0.485 e.